The minimum atomic E-state index is 0.454. The van der Waals surface area contributed by atoms with Crippen LogP contribution in [0.5, 0.6) is 0 Å². The van der Waals surface area contributed by atoms with Crippen LogP contribution in [0.3, 0.4) is 0 Å². The van der Waals surface area contributed by atoms with E-state index in [-0.39, 0.29) is 0 Å². The quantitative estimate of drug-likeness (QED) is 0.596. The van der Waals surface area contributed by atoms with E-state index in [9.17, 15) is 0 Å². The third-order valence-electron chi connectivity index (χ3n) is 1.54. The molecule has 1 nitrogen and oxygen atoms in total. The van der Waals surface area contributed by atoms with Gasteiger partial charge in [-0.25, -0.2) is 4.98 Å². The summed E-state index contributed by atoms with van der Waals surface area (Å²) in [5.41, 5.74) is 0. The van der Waals surface area contributed by atoms with Crippen LogP contribution in [0.1, 0.15) is 6.92 Å². The van der Waals surface area contributed by atoms with Crippen LogP contribution in [-0.2, 0) is 0 Å². The first-order chi connectivity index (χ1) is 6.63. The van der Waals surface area contributed by atoms with Gasteiger partial charge >= 0.3 is 0 Å². The van der Waals surface area contributed by atoms with Gasteiger partial charge in [0.25, 0.3) is 0 Å². The van der Waals surface area contributed by atoms with Gasteiger partial charge in [-0.1, -0.05) is 30.1 Å². The number of hydrogen-bond donors (Lipinski definition) is 0. The van der Waals surface area contributed by atoms with Crippen molar-refractivity contribution < 1.29 is 0 Å². The highest BCUT2D eigenvalue weighted by Gasteiger charge is 2.06. The molecule has 0 N–H and O–H groups in total. The average molecular weight is 271 g/mol. The molecular weight excluding hydrogens is 261 g/mol. The molecule has 1 aromatic heterocycles. The van der Waals surface area contributed by atoms with Crippen molar-refractivity contribution in [2.45, 2.75) is 11.9 Å². The smallest absolute Gasteiger partial charge is 0.115 e. The van der Waals surface area contributed by atoms with Crippen molar-refractivity contribution in [1.29, 1.82) is 0 Å². The van der Waals surface area contributed by atoms with Gasteiger partial charge in [0.1, 0.15) is 5.03 Å². The van der Waals surface area contributed by atoms with E-state index in [0.717, 1.165) is 10.8 Å². The van der Waals surface area contributed by atoms with E-state index >= 15 is 0 Å². The Balaban J connectivity index is 2.59. The van der Waals surface area contributed by atoms with E-state index in [1.165, 1.54) is 0 Å². The van der Waals surface area contributed by atoms with Crippen molar-refractivity contribution in [3.63, 3.8) is 0 Å². The monoisotopic (exact) mass is 269 g/mol. The van der Waals surface area contributed by atoms with Crippen molar-refractivity contribution in [2.75, 3.05) is 11.6 Å². The van der Waals surface area contributed by atoms with E-state index < -0.39 is 0 Å². The maximum absolute atomic E-state index is 5.96. The molecule has 1 heterocycles. The molecule has 0 aromatic carbocycles. The molecule has 1 unspecified atom stereocenters. The van der Waals surface area contributed by atoms with Gasteiger partial charge in [-0.3, -0.25) is 0 Å². The molecular formula is C9H10Cl3NS. The largest absolute Gasteiger partial charge is 0.247 e. The number of alkyl halides is 1. The van der Waals surface area contributed by atoms with Gasteiger partial charge in [-0.2, -0.15) is 0 Å². The number of nitrogens with zero attached hydrogens (tertiary/aromatic N) is 1. The molecule has 0 spiro atoms. The lowest BCUT2D eigenvalue weighted by Crippen LogP contribution is -1.99. The number of aromatic nitrogens is 1. The van der Waals surface area contributed by atoms with Crippen LogP contribution in [-0.4, -0.2) is 16.6 Å². The molecule has 0 amide bonds. The Morgan fingerprint density at radius 3 is 2.79 bits per heavy atom. The lowest BCUT2D eigenvalue weighted by atomic mass is 10.3. The van der Waals surface area contributed by atoms with Crippen LogP contribution in [0.2, 0.25) is 10.0 Å². The summed E-state index contributed by atoms with van der Waals surface area (Å²) >= 11 is 19.0. The molecule has 1 rings (SSSR count). The number of thioether (sulfide) groups is 1. The molecule has 0 aliphatic rings. The fraction of sp³-hybridized carbons (Fsp3) is 0.444. The summed E-state index contributed by atoms with van der Waals surface area (Å²) in [4.78, 5) is 4.14. The van der Waals surface area contributed by atoms with Gasteiger partial charge in [0.05, 0.1) is 10.0 Å². The van der Waals surface area contributed by atoms with Crippen LogP contribution in [0, 0.1) is 5.92 Å². The Bertz CT molecular complexity index is 306. The molecule has 78 valence electrons. The second-order valence-corrected chi connectivity index (χ2v) is 5.17. The third-order valence-corrected chi connectivity index (χ3v) is 4.01. The van der Waals surface area contributed by atoms with Crippen molar-refractivity contribution in [1.82, 2.24) is 4.98 Å². The van der Waals surface area contributed by atoms with E-state index in [0.29, 0.717) is 21.8 Å². The number of rotatable bonds is 4. The van der Waals surface area contributed by atoms with E-state index in [2.05, 4.69) is 11.9 Å². The van der Waals surface area contributed by atoms with Gasteiger partial charge in [0.15, 0.2) is 0 Å². The summed E-state index contributed by atoms with van der Waals surface area (Å²) in [6.07, 6.45) is 1.60. The predicted octanol–water partition coefficient (Wildman–Crippen LogP) is 4.36. The Kier molecular flexibility index (Phi) is 5.39. The predicted molar refractivity (Wildman–Crippen MR) is 64.9 cm³/mol. The molecule has 0 fully saturated rings. The number of pyridine rings is 1. The van der Waals surface area contributed by atoms with E-state index in [1.807, 2.05) is 0 Å². The molecule has 5 heteroatoms. The lowest BCUT2D eigenvalue weighted by Gasteiger charge is -2.07. The third kappa shape index (κ3) is 3.85. The fourth-order valence-corrected chi connectivity index (χ4v) is 2.44. The molecule has 1 aromatic rings. The van der Waals surface area contributed by atoms with E-state index in [4.69, 9.17) is 34.8 Å². The minimum Gasteiger partial charge on any atom is -0.247 e. The van der Waals surface area contributed by atoms with Crippen molar-refractivity contribution >= 4 is 46.6 Å². The summed E-state index contributed by atoms with van der Waals surface area (Å²) < 4.78 is 0. The molecule has 1 atom stereocenters. The summed E-state index contributed by atoms with van der Waals surface area (Å²) in [5, 5.41) is 1.97. The first-order valence-electron chi connectivity index (χ1n) is 4.13. The lowest BCUT2D eigenvalue weighted by molar-refractivity contribution is 0.758. The summed E-state index contributed by atoms with van der Waals surface area (Å²) in [6.45, 7) is 2.09. The molecule has 0 bridgehead atoms. The van der Waals surface area contributed by atoms with Gasteiger partial charge in [-0.15, -0.1) is 23.4 Å². The van der Waals surface area contributed by atoms with Crippen molar-refractivity contribution in [3.8, 4) is 0 Å². The second kappa shape index (κ2) is 6.06. The zero-order chi connectivity index (χ0) is 10.6. The zero-order valence-corrected chi connectivity index (χ0v) is 10.7. The first-order valence-corrected chi connectivity index (χ1v) is 6.41. The maximum atomic E-state index is 5.96. The topological polar surface area (TPSA) is 12.9 Å². The first kappa shape index (κ1) is 12.4. The molecule has 0 saturated carbocycles. The number of hydrogen-bond acceptors (Lipinski definition) is 2. The minimum absolute atomic E-state index is 0.454. The highest BCUT2D eigenvalue weighted by molar-refractivity contribution is 7.99. The SMILES string of the molecule is CC(CCl)CSc1ncc(Cl)cc1Cl. The number of halogens is 3. The van der Waals surface area contributed by atoms with Gasteiger partial charge in [-0.05, 0) is 12.0 Å². The van der Waals surface area contributed by atoms with Gasteiger partial charge < -0.3 is 0 Å². The van der Waals surface area contributed by atoms with Crippen LogP contribution in [0.4, 0.5) is 0 Å². The van der Waals surface area contributed by atoms with Gasteiger partial charge in [0, 0.05) is 17.8 Å². The Morgan fingerprint density at radius 1 is 1.50 bits per heavy atom. The Morgan fingerprint density at radius 2 is 2.21 bits per heavy atom. The summed E-state index contributed by atoms with van der Waals surface area (Å²) in [5.74, 6) is 2.02. The molecule has 0 aliphatic heterocycles. The maximum Gasteiger partial charge on any atom is 0.115 e. The second-order valence-electron chi connectivity index (χ2n) is 3.01. The summed E-state index contributed by atoms with van der Waals surface area (Å²) in [7, 11) is 0. The molecule has 0 saturated heterocycles. The van der Waals surface area contributed by atoms with Crippen LogP contribution < -0.4 is 0 Å². The zero-order valence-electron chi connectivity index (χ0n) is 7.64. The average Bonchev–Trinajstić information content (AvgIpc) is 2.16. The molecule has 14 heavy (non-hydrogen) atoms. The normalized spacial score (nSPS) is 12.9. The van der Waals surface area contributed by atoms with E-state index in [1.54, 1.807) is 24.0 Å². The highest BCUT2D eigenvalue weighted by Crippen LogP contribution is 2.28. The Labute approximate surface area is 103 Å². The fourth-order valence-electron chi connectivity index (χ4n) is 0.774. The standard InChI is InChI=1S/C9H10Cl3NS/c1-6(3-10)5-14-9-8(12)2-7(11)4-13-9/h2,4,6H,3,5H2,1H3. The van der Waals surface area contributed by atoms with Crippen LogP contribution in [0.25, 0.3) is 0 Å². The van der Waals surface area contributed by atoms with Crippen molar-refractivity contribution in [3.05, 3.63) is 22.3 Å². The molecule has 0 radical (unpaired) electrons. The summed E-state index contributed by atoms with van der Waals surface area (Å²) in [6, 6.07) is 1.70. The molecule has 0 aliphatic carbocycles. The van der Waals surface area contributed by atoms with Gasteiger partial charge in [0.2, 0.25) is 0 Å². The van der Waals surface area contributed by atoms with Crippen LogP contribution >= 0.6 is 46.6 Å². The van der Waals surface area contributed by atoms with Crippen LogP contribution in [0.15, 0.2) is 17.3 Å². The Hall–Kier alpha value is 0.370. The highest BCUT2D eigenvalue weighted by atomic mass is 35.5. The van der Waals surface area contributed by atoms with Crippen molar-refractivity contribution in [2.24, 2.45) is 5.92 Å².